The maximum Gasteiger partial charge on any atom is 0.120 e. The van der Waals surface area contributed by atoms with Crippen molar-refractivity contribution in [3.63, 3.8) is 0 Å². The summed E-state index contributed by atoms with van der Waals surface area (Å²) in [4.78, 5) is 5.60. The van der Waals surface area contributed by atoms with Crippen LogP contribution in [-0.2, 0) is 0 Å². The highest BCUT2D eigenvalue weighted by molar-refractivity contribution is 5.80. The van der Waals surface area contributed by atoms with Gasteiger partial charge in [0.2, 0.25) is 0 Å². The quantitative estimate of drug-likeness (QED) is 0.645. The van der Waals surface area contributed by atoms with E-state index in [4.69, 9.17) is 4.74 Å². The lowest BCUT2D eigenvalue weighted by Gasteiger charge is -2.14. The number of nitrogens with zero attached hydrogens (tertiary/aromatic N) is 1. The van der Waals surface area contributed by atoms with Crippen LogP contribution in [0.2, 0.25) is 0 Å². The Kier molecular flexibility index (Phi) is 3.33. The lowest BCUT2D eigenvalue weighted by atomic mass is 10.2. The van der Waals surface area contributed by atoms with Gasteiger partial charge in [0, 0.05) is 36.7 Å². The highest BCUT2D eigenvalue weighted by Crippen LogP contribution is 2.19. The van der Waals surface area contributed by atoms with Gasteiger partial charge in [0.25, 0.3) is 0 Å². The summed E-state index contributed by atoms with van der Waals surface area (Å²) in [5.41, 5.74) is 1.16. The van der Waals surface area contributed by atoms with Crippen LogP contribution in [0.15, 0.2) is 42.6 Å². The van der Waals surface area contributed by atoms with E-state index < -0.39 is 0 Å². The first-order valence-electron chi connectivity index (χ1n) is 6.49. The smallest absolute Gasteiger partial charge is 0.120 e. The van der Waals surface area contributed by atoms with Gasteiger partial charge in [0.15, 0.2) is 0 Å². The lowest BCUT2D eigenvalue weighted by molar-refractivity contribution is 0.268. The average Bonchev–Trinajstić information content (AvgIpc) is 3.05. The number of ether oxygens (including phenoxy) is 1. The number of hydrogen-bond donors (Lipinski definition) is 1. The molecule has 0 atom stereocenters. The van der Waals surface area contributed by atoms with Gasteiger partial charge in [-0.25, -0.2) is 0 Å². The highest BCUT2D eigenvalue weighted by atomic mass is 16.5. The predicted octanol–water partition coefficient (Wildman–Crippen LogP) is 2.81. The van der Waals surface area contributed by atoms with Gasteiger partial charge in [-0.15, -0.1) is 0 Å². The van der Waals surface area contributed by atoms with E-state index in [1.807, 2.05) is 12.3 Å². The maximum absolute atomic E-state index is 5.78. The summed E-state index contributed by atoms with van der Waals surface area (Å²) >= 11 is 0. The average molecular weight is 242 g/mol. The van der Waals surface area contributed by atoms with E-state index in [9.17, 15) is 0 Å². The Hall–Kier alpha value is -1.74. The summed E-state index contributed by atoms with van der Waals surface area (Å²) in [7, 11) is 0. The molecule has 3 heteroatoms. The molecule has 1 aromatic heterocycles. The molecule has 94 valence electrons. The standard InChI is InChI=1S/C15H18N2O/c1-2-9-17(8-1)10-3-11-18-14-4-5-15-13(12-14)6-7-16-15/h1-2,4-7,12,16H,3,8-11H2. The van der Waals surface area contributed by atoms with Crippen molar-refractivity contribution in [3.8, 4) is 5.75 Å². The van der Waals surface area contributed by atoms with Crippen LogP contribution in [0.3, 0.4) is 0 Å². The van der Waals surface area contributed by atoms with E-state index in [2.05, 4.69) is 40.2 Å². The van der Waals surface area contributed by atoms with Gasteiger partial charge in [0.1, 0.15) is 5.75 Å². The van der Waals surface area contributed by atoms with Crippen LogP contribution >= 0.6 is 0 Å². The van der Waals surface area contributed by atoms with Crippen LogP contribution in [0.25, 0.3) is 10.9 Å². The molecule has 0 saturated carbocycles. The van der Waals surface area contributed by atoms with Crippen molar-refractivity contribution in [2.45, 2.75) is 6.42 Å². The molecule has 0 saturated heterocycles. The maximum atomic E-state index is 5.78. The fourth-order valence-corrected chi connectivity index (χ4v) is 2.30. The fraction of sp³-hybridized carbons (Fsp3) is 0.333. The van der Waals surface area contributed by atoms with Crippen LogP contribution in [-0.4, -0.2) is 36.1 Å². The van der Waals surface area contributed by atoms with Gasteiger partial charge in [0.05, 0.1) is 6.61 Å². The Morgan fingerprint density at radius 2 is 2.06 bits per heavy atom. The van der Waals surface area contributed by atoms with Crippen molar-refractivity contribution in [2.75, 3.05) is 26.2 Å². The molecule has 1 aromatic carbocycles. The third-order valence-corrected chi connectivity index (χ3v) is 3.31. The third-order valence-electron chi connectivity index (χ3n) is 3.31. The number of hydrogen-bond acceptors (Lipinski definition) is 2. The molecule has 2 aromatic rings. The number of benzene rings is 1. The molecule has 0 amide bonds. The number of rotatable bonds is 5. The Labute approximate surface area is 107 Å². The minimum absolute atomic E-state index is 0.784. The lowest BCUT2D eigenvalue weighted by Crippen LogP contribution is -2.22. The number of aromatic nitrogens is 1. The van der Waals surface area contributed by atoms with Gasteiger partial charge < -0.3 is 9.72 Å². The first-order chi connectivity index (χ1) is 8.92. The summed E-state index contributed by atoms with van der Waals surface area (Å²) in [6, 6.07) is 8.24. The third kappa shape index (κ3) is 2.57. The monoisotopic (exact) mass is 242 g/mol. The van der Waals surface area contributed by atoms with E-state index in [0.717, 1.165) is 43.9 Å². The van der Waals surface area contributed by atoms with E-state index in [1.165, 1.54) is 5.39 Å². The van der Waals surface area contributed by atoms with Crippen molar-refractivity contribution in [1.82, 2.24) is 9.88 Å². The SMILES string of the molecule is C1=CCN(CCCOc2ccc3[nH]ccc3c2)C1. The zero-order valence-corrected chi connectivity index (χ0v) is 10.4. The second-order valence-electron chi connectivity index (χ2n) is 4.66. The molecule has 1 N–H and O–H groups in total. The van der Waals surface area contributed by atoms with Crippen molar-refractivity contribution < 1.29 is 4.74 Å². The number of aromatic amines is 1. The summed E-state index contributed by atoms with van der Waals surface area (Å²) in [6.07, 6.45) is 7.48. The van der Waals surface area contributed by atoms with Gasteiger partial charge in [-0.05, 0) is 30.7 Å². The van der Waals surface area contributed by atoms with Crippen LogP contribution in [0.5, 0.6) is 5.75 Å². The molecule has 0 spiro atoms. The Morgan fingerprint density at radius 1 is 1.17 bits per heavy atom. The zero-order chi connectivity index (χ0) is 12.2. The van der Waals surface area contributed by atoms with Crippen molar-refractivity contribution >= 4 is 10.9 Å². The molecule has 0 bridgehead atoms. The second kappa shape index (κ2) is 5.27. The number of H-pyrrole nitrogens is 1. The molecule has 3 rings (SSSR count). The minimum atomic E-state index is 0.784. The van der Waals surface area contributed by atoms with E-state index in [-0.39, 0.29) is 0 Å². The van der Waals surface area contributed by atoms with Crippen LogP contribution < -0.4 is 4.74 Å². The first kappa shape index (κ1) is 11.4. The molecule has 0 unspecified atom stereocenters. The minimum Gasteiger partial charge on any atom is -0.494 e. The van der Waals surface area contributed by atoms with Crippen LogP contribution in [0.1, 0.15) is 6.42 Å². The van der Waals surface area contributed by atoms with Crippen LogP contribution in [0.4, 0.5) is 0 Å². The van der Waals surface area contributed by atoms with Gasteiger partial charge in [-0.3, -0.25) is 4.90 Å². The molecule has 1 aliphatic heterocycles. The number of nitrogens with one attached hydrogen (secondary N) is 1. The molecular weight excluding hydrogens is 224 g/mol. The molecule has 18 heavy (non-hydrogen) atoms. The zero-order valence-electron chi connectivity index (χ0n) is 10.4. The van der Waals surface area contributed by atoms with Crippen molar-refractivity contribution in [2.24, 2.45) is 0 Å². The highest BCUT2D eigenvalue weighted by Gasteiger charge is 2.05. The predicted molar refractivity (Wildman–Crippen MR) is 74.0 cm³/mol. The van der Waals surface area contributed by atoms with Gasteiger partial charge >= 0.3 is 0 Å². The molecule has 1 aliphatic rings. The topological polar surface area (TPSA) is 28.3 Å². The summed E-state index contributed by atoms with van der Waals surface area (Å²) in [5, 5.41) is 1.20. The summed E-state index contributed by atoms with van der Waals surface area (Å²) in [6.45, 7) is 4.08. The van der Waals surface area contributed by atoms with Crippen molar-refractivity contribution in [3.05, 3.63) is 42.6 Å². The first-order valence-corrected chi connectivity index (χ1v) is 6.49. The summed E-state index contributed by atoms with van der Waals surface area (Å²) < 4.78 is 5.78. The molecule has 0 fully saturated rings. The molecule has 0 aliphatic carbocycles. The fourth-order valence-electron chi connectivity index (χ4n) is 2.30. The normalized spacial score (nSPS) is 15.6. The Morgan fingerprint density at radius 3 is 2.94 bits per heavy atom. The van der Waals surface area contributed by atoms with Gasteiger partial charge in [-0.1, -0.05) is 12.2 Å². The molecule has 2 heterocycles. The molecule has 0 radical (unpaired) electrons. The molecule has 3 nitrogen and oxygen atoms in total. The molecular formula is C15H18N2O. The number of fused-ring (bicyclic) bond motifs is 1. The Balaban J connectivity index is 1.47. The van der Waals surface area contributed by atoms with Gasteiger partial charge in [-0.2, -0.15) is 0 Å². The second-order valence-corrected chi connectivity index (χ2v) is 4.66. The van der Waals surface area contributed by atoms with E-state index in [0.29, 0.717) is 0 Å². The van der Waals surface area contributed by atoms with E-state index >= 15 is 0 Å². The van der Waals surface area contributed by atoms with Crippen molar-refractivity contribution in [1.29, 1.82) is 0 Å². The summed E-state index contributed by atoms with van der Waals surface area (Å²) in [5.74, 6) is 0.960. The Bertz CT molecular complexity index is 536. The van der Waals surface area contributed by atoms with E-state index in [1.54, 1.807) is 0 Å². The largest absolute Gasteiger partial charge is 0.494 e. The van der Waals surface area contributed by atoms with Crippen LogP contribution in [0, 0.1) is 0 Å².